The molecule has 0 bridgehead atoms. The Morgan fingerprint density at radius 3 is 2.44 bits per heavy atom. The average molecular weight is 241 g/mol. The van der Waals surface area contributed by atoms with Gasteiger partial charge in [0.15, 0.2) is 0 Å². The van der Waals surface area contributed by atoms with Crippen molar-refractivity contribution in [2.24, 2.45) is 0 Å². The van der Waals surface area contributed by atoms with Gasteiger partial charge in [0.05, 0.1) is 0 Å². The van der Waals surface area contributed by atoms with Gasteiger partial charge in [-0.2, -0.15) is 0 Å². The van der Waals surface area contributed by atoms with E-state index in [1.54, 1.807) is 0 Å². The van der Waals surface area contributed by atoms with E-state index < -0.39 is 0 Å². The summed E-state index contributed by atoms with van der Waals surface area (Å²) in [4.78, 5) is 0. The molecule has 0 saturated heterocycles. The number of nitrogens with zero attached hydrogens (tertiary/aromatic N) is 1. The van der Waals surface area contributed by atoms with Crippen molar-refractivity contribution in [3.05, 3.63) is 35.5 Å². The molecule has 1 saturated carbocycles. The lowest BCUT2D eigenvalue weighted by Gasteiger charge is -2.18. The summed E-state index contributed by atoms with van der Waals surface area (Å²) < 4.78 is 2.54. The Morgan fingerprint density at radius 1 is 1.00 bits per heavy atom. The fourth-order valence-corrected chi connectivity index (χ4v) is 3.48. The van der Waals surface area contributed by atoms with Crippen LogP contribution in [0.25, 0.3) is 10.9 Å². The minimum atomic E-state index is 0.728. The van der Waals surface area contributed by atoms with E-state index in [4.69, 9.17) is 0 Å². The van der Waals surface area contributed by atoms with Crippen molar-refractivity contribution in [2.45, 2.75) is 58.4 Å². The molecule has 1 nitrogen and oxygen atoms in total. The molecule has 18 heavy (non-hydrogen) atoms. The highest BCUT2D eigenvalue weighted by molar-refractivity contribution is 5.84. The fraction of sp³-hybridized carbons (Fsp3) is 0.529. The number of hydrogen-bond acceptors (Lipinski definition) is 0. The number of rotatable bonds is 1. The zero-order valence-corrected chi connectivity index (χ0v) is 11.6. The lowest BCUT2D eigenvalue weighted by atomic mass is 10.1. The van der Waals surface area contributed by atoms with E-state index in [2.05, 4.69) is 42.8 Å². The Kier molecular flexibility index (Phi) is 3.15. The predicted molar refractivity (Wildman–Crippen MR) is 78.2 cm³/mol. The van der Waals surface area contributed by atoms with Gasteiger partial charge < -0.3 is 4.57 Å². The molecule has 0 radical (unpaired) electrons. The SMILES string of the molecule is Cc1cc(C)c2ccn(C3CCCCCC3)c2c1. The first kappa shape index (κ1) is 11.8. The molecule has 1 heterocycles. The number of fused-ring (bicyclic) bond motifs is 1. The highest BCUT2D eigenvalue weighted by atomic mass is 15.0. The van der Waals surface area contributed by atoms with Crippen LogP contribution >= 0.6 is 0 Å². The Bertz CT molecular complexity index is 542. The summed E-state index contributed by atoms with van der Waals surface area (Å²) in [5.41, 5.74) is 4.24. The van der Waals surface area contributed by atoms with Gasteiger partial charge in [-0.3, -0.25) is 0 Å². The van der Waals surface area contributed by atoms with Gasteiger partial charge in [-0.15, -0.1) is 0 Å². The summed E-state index contributed by atoms with van der Waals surface area (Å²) >= 11 is 0. The summed E-state index contributed by atoms with van der Waals surface area (Å²) in [6, 6.07) is 7.67. The molecule has 1 aliphatic carbocycles. The minimum Gasteiger partial charge on any atom is -0.344 e. The van der Waals surface area contributed by atoms with Crippen molar-refractivity contribution >= 4 is 10.9 Å². The molecule has 1 aliphatic rings. The molecule has 1 heteroatoms. The van der Waals surface area contributed by atoms with Crippen molar-refractivity contribution in [1.29, 1.82) is 0 Å². The highest BCUT2D eigenvalue weighted by Crippen LogP contribution is 2.32. The molecular formula is C17H23N. The van der Waals surface area contributed by atoms with E-state index in [0.717, 1.165) is 6.04 Å². The van der Waals surface area contributed by atoms with E-state index in [0.29, 0.717) is 0 Å². The molecule has 0 amide bonds. The largest absolute Gasteiger partial charge is 0.344 e. The van der Waals surface area contributed by atoms with Crippen LogP contribution in [0.5, 0.6) is 0 Å². The summed E-state index contributed by atoms with van der Waals surface area (Å²) in [6.45, 7) is 4.43. The quantitative estimate of drug-likeness (QED) is 0.608. The average Bonchev–Trinajstić information content (AvgIpc) is 2.59. The molecular weight excluding hydrogens is 218 g/mol. The Labute approximate surface area is 110 Å². The summed E-state index contributed by atoms with van der Waals surface area (Å²) in [5, 5.41) is 1.44. The standard InChI is InChI=1S/C17H23N/c1-13-11-14(2)16-9-10-18(17(16)12-13)15-7-5-3-4-6-8-15/h9-12,15H,3-8H2,1-2H3. The van der Waals surface area contributed by atoms with Crippen molar-refractivity contribution < 1.29 is 0 Å². The first-order valence-corrected chi connectivity index (χ1v) is 7.33. The zero-order chi connectivity index (χ0) is 12.5. The predicted octanol–water partition coefficient (Wildman–Crippen LogP) is 5.15. The molecule has 0 aliphatic heterocycles. The molecule has 0 spiro atoms. The van der Waals surface area contributed by atoms with E-state index in [1.807, 2.05) is 0 Å². The van der Waals surface area contributed by atoms with Crippen LogP contribution in [0.2, 0.25) is 0 Å². The minimum absolute atomic E-state index is 0.728. The molecule has 96 valence electrons. The molecule has 1 aromatic heterocycles. The fourth-order valence-electron chi connectivity index (χ4n) is 3.48. The van der Waals surface area contributed by atoms with Gasteiger partial charge in [-0.1, -0.05) is 31.7 Å². The second-order valence-corrected chi connectivity index (χ2v) is 5.88. The molecule has 3 rings (SSSR count). The lowest BCUT2D eigenvalue weighted by Crippen LogP contribution is -2.06. The van der Waals surface area contributed by atoms with Crippen LogP contribution < -0.4 is 0 Å². The summed E-state index contributed by atoms with van der Waals surface area (Å²) in [7, 11) is 0. The maximum absolute atomic E-state index is 2.54. The topological polar surface area (TPSA) is 4.93 Å². The van der Waals surface area contributed by atoms with Gasteiger partial charge >= 0.3 is 0 Å². The van der Waals surface area contributed by atoms with Crippen molar-refractivity contribution in [1.82, 2.24) is 4.57 Å². The molecule has 0 N–H and O–H groups in total. The lowest BCUT2D eigenvalue weighted by molar-refractivity contribution is 0.456. The van der Waals surface area contributed by atoms with Crippen LogP contribution in [0.4, 0.5) is 0 Å². The van der Waals surface area contributed by atoms with Crippen molar-refractivity contribution in [2.75, 3.05) is 0 Å². The third-order valence-electron chi connectivity index (χ3n) is 4.41. The number of aryl methyl sites for hydroxylation is 2. The van der Waals surface area contributed by atoms with Gasteiger partial charge in [0.25, 0.3) is 0 Å². The normalized spacial score (nSPS) is 18.1. The van der Waals surface area contributed by atoms with Crippen molar-refractivity contribution in [3.8, 4) is 0 Å². The van der Waals surface area contributed by atoms with E-state index >= 15 is 0 Å². The van der Waals surface area contributed by atoms with Crippen LogP contribution in [0.1, 0.15) is 55.7 Å². The first-order valence-electron chi connectivity index (χ1n) is 7.33. The van der Waals surface area contributed by atoms with Crippen molar-refractivity contribution in [3.63, 3.8) is 0 Å². The molecule has 0 unspecified atom stereocenters. The Morgan fingerprint density at radius 2 is 1.72 bits per heavy atom. The van der Waals surface area contributed by atoms with E-state index in [-0.39, 0.29) is 0 Å². The Hall–Kier alpha value is -1.24. The number of hydrogen-bond donors (Lipinski definition) is 0. The summed E-state index contributed by atoms with van der Waals surface area (Å²) in [5.74, 6) is 0. The molecule has 0 atom stereocenters. The Balaban J connectivity index is 2.05. The van der Waals surface area contributed by atoms with E-state index in [1.165, 1.54) is 60.6 Å². The second kappa shape index (κ2) is 4.79. The maximum atomic E-state index is 2.54. The zero-order valence-electron chi connectivity index (χ0n) is 11.6. The number of benzene rings is 1. The monoisotopic (exact) mass is 241 g/mol. The smallest absolute Gasteiger partial charge is 0.0488 e. The van der Waals surface area contributed by atoms with Crippen LogP contribution in [-0.4, -0.2) is 4.57 Å². The molecule has 1 fully saturated rings. The highest BCUT2D eigenvalue weighted by Gasteiger charge is 2.16. The summed E-state index contributed by atoms with van der Waals surface area (Å²) in [6.07, 6.45) is 10.7. The molecule has 2 aromatic rings. The van der Waals surface area contributed by atoms with Crippen LogP contribution in [0, 0.1) is 13.8 Å². The van der Waals surface area contributed by atoms with Crippen LogP contribution in [0.15, 0.2) is 24.4 Å². The van der Waals surface area contributed by atoms with Gasteiger partial charge in [0, 0.05) is 23.1 Å². The van der Waals surface area contributed by atoms with Crippen LogP contribution in [0.3, 0.4) is 0 Å². The molecule has 1 aromatic carbocycles. The third kappa shape index (κ3) is 2.07. The second-order valence-electron chi connectivity index (χ2n) is 5.88. The van der Waals surface area contributed by atoms with Gasteiger partial charge in [0.1, 0.15) is 0 Å². The van der Waals surface area contributed by atoms with E-state index in [9.17, 15) is 0 Å². The van der Waals surface area contributed by atoms with Gasteiger partial charge in [-0.25, -0.2) is 0 Å². The van der Waals surface area contributed by atoms with Gasteiger partial charge in [0.2, 0.25) is 0 Å². The maximum Gasteiger partial charge on any atom is 0.0488 e. The first-order chi connectivity index (χ1) is 8.75. The van der Waals surface area contributed by atoms with Gasteiger partial charge in [-0.05, 0) is 49.9 Å². The number of aromatic nitrogens is 1. The van der Waals surface area contributed by atoms with Crippen LogP contribution in [-0.2, 0) is 0 Å². The third-order valence-corrected chi connectivity index (χ3v) is 4.41.